The lowest BCUT2D eigenvalue weighted by atomic mass is 10.5. The van der Waals surface area contributed by atoms with Gasteiger partial charge in [0.05, 0.1) is 0 Å². The number of H-pyrrole nitrogens is 2. The van der Waals surface area contributed by atoms with E-state index in [0.717, 1.165) is 0 Å². The molecule has 0 aromatic carbocycles. The Morgan fingerprint density at radius 2 is 2.14 bits per heavy atom. The van der Waals surface area contributed by atoms with Gasteiger partial charge in [-0.15, -0.1) is 0 Å². The average Bonchev–Trinajstić information content (AvgIpc) is 2.44. The van der Waals surface area contributed by atoms with Gasteiger partial charge in [-0.25, -0.2) is 9.86 Å². The Labute approximate surface area is 80.1 Å². The summed E-state index contributed by atoms with van der Waals surface area (Å²) >= 11 is 0. The molecule has 0 radical (unpaired) electrons. The van der Waals surface area contributed by atoms with Crippen LogP contribution in [0.25, 0.3) is 0 Å². The molecule has 1 aromatic rings. The van der Waals surface area contributed by atoms with Gasteiger partial charge in [0.25, 0.3) is 15.8 Å². The van der Waals surface area contributed by atoms with Gasteiger partial charge in [0.1, 0.15) is 5.69 Å². The summed E-state index contributed by atoms with van der Waals surface area (Å²) in [5.41, 5.74) is 0.0572. The lowest BCUT2D eigenvalue weighted by Gasteiger charge is -2.02. The predicted molar refractivity (Wildman–Crippen MR) is 51.0 cm³/mol. The summed E-state index contributed by atoms with van der Waals surface area (Å²) in [6.07, 6.45) is 1.44. The Morgan fingerprint density at radius 1 is 1.43 bits per heavy atom. The number of rotatable bonds is 5. The van der Waals surface area contributed by atoms with Crippen LogP contribution in [0.2, 0.25) is 0 Å². The molecule has 0 bridgehead atoms. The molecule has 0 unspecified atom stereocenters. The molecule has 1 aromatic heterocycles. The monoisotopic (exact) mass is 221 g/mol. The summed E-state index contributed by atoms with van der Waals surface area (Å²) in [7, 11) is -3.66. The Bertz CT molecular complexity index is 432. The number of aromatic amines is 2. The minimum atomic E-state index is -3.66. The zero-order valence-electron chi connectivity index (χ0n) is 7.20. The van der Waals surface area contributed by atoms with Gasteiger partial charge >= 0.3 is 0 Å². The number of hydrogen-bond acceptors (Lipinski definition) is 4. The summed E-state index contributed by atoms with van der Waals surface area (Å²) < 4.78 is 22.9. The Kier molecular flexibility index (Phi) is 3.28. The standard InChI is InChI=1S/C5H11N5O3S/c6-14(12,13)9-2-1-7-4-3-8-10-5(4)11/h3,7,9H,1-2H2,(H2,6,12,13)(H2,8,10,11). The van der Waals surface area contributed by atoms with Crippen LogP contribution in [0.3, 0.4) is 0 Å². The first-order valence-corrected chi connectivity index (χ1v) is 5.31. The van der Waals surface area contributed by atoms with E-state index in [-0.39, 0.29) is 18.6 Å². The number of nitrogens with one attached hydrogen (secondary N) is 4. The van der Waals surface area contributed by atoms with Crippen molar-refractivity contribution in [3.05, 3.63) is 16.6 Å². The van der Waals surface area contributed by atoms with Gasteiger partial charge in [-0.05, 0) is 0 Å². The van der Waals surface area contributed by atoms with Crippen molar-refractivity contribution in [3.8, 4) is 0 Å². The fourth-order valence-corrected chi connectivity index (χ4v) is 1.22. The zero-order chi connectivity index (χ0) is 10.6. The van der Waals surface area contributed by atoms with E-state index < -0.39 is 10.2 Å². The predicted octanol–water partition coefficient (Wildman–Crippen LogP) is -2.09. The van der Waals surface area contributed by atoms with E-state index in [2.05, 4.69) is 25.4 Å². The highest BCUT2D eigenvalue weighted by Crippen LogP contribution is 1.91. The minimum Gasteiger partial charge on any atom is -0.378 e. The fraction of sp³-hybridized carbons (Fsp3) is 0.400. The zero-order valence-corrected chi connectivity index (χ0v) is 8.02. The van der Waals surface area contributed by atoms with Crippen LogP contribution in [0, 0.1) is 0 Å². The summed E-state index contributed by atoms with van der Waals surface area (Å²) in [6, 6.07) is 0. The molecule has 8 nitrogen and oxygen atoms in total. The van der Waals surface area contributed by atoms with E-state index in [1.807, 2.05) is 0 Å². The molecular formula is C5H11N5O3S. The highest BCUT2D eigenvalue weighted by atomic mass is 32.2. The lowest BCUT2D eigenvalue weighted by molar-refractivity contribution is 0.584. The molecule has 6 N–H and O–H groups in total. The van der Waals surface area contributed by atoms with E-state index in [4.69, 9.17) is 0 Å². The van der Waals surface area contributed by atoms with Gasteiger partial charge in [-0.1, -0.05) is 0 Å². The van der Waals surface area contributed by atoms with Crippen molar-refractivity contribution >= 4 is 15.9 Å². The molecule has 0 fully saturated rings. The smallest absolute Gasteiger partial charge is 0.287 e. The minimum absolute atomic E-state index is 0.115. The molecule has 0 amide bonds. The molecule has 0 atom stereocenters. The second-order valence-corrected chi connectivity index (χ2v) is 3.90. The van der Waals surface area contributed by atoms with Crippen LogP contribution in [0.5, 0.6) is 0 Å². The molecule has 0 saturated carbocycles. The van der Waals surface area contributed by atoms with Gasteiger partial charge in [0.2, 0.25) is 0 Å². The van der Waals surface area contributed by atoms with E-state index in [9.17, 15) is 13.2 Å². The largest absolute Gasteiger partial charge is 0.378 e. The molecule has 0 saturated heterocycles. The normalized spacial score (nSPS) is 11.5. The van der Waals surface area contributed by atoms with Crippen LogP contribution in [0.4, 0.5) is 5.69 Å². The van der Waals surface area contributed by atoms with Gasteiger partial charge in [0, 0.05) is 19.3 Å². The van der Waals surface area contributed by atoms with E-state index in [0.29, 0.717) is 5.69 Å². The topological polar surface area (TPSA) is 133 Å². The molecule has 0 aliphatic carbocycles. The Balaban J connectivity index is 2.30. The van der Waals surface area contributed by atoms with Crippen molar-refractivity contribution in [2.24, 2.45) is 5.14 Å². The van der Waals surface area contributed by atoms with Gasteiger partial charge in [-0.3, -0.25) is 9.89 Å². The maximum Gasteiger partial charge on any atom is 0.287 e. The first-order chi connectivity index (χ1) is 6.49. The van der Waals surface area contributed by atoms with Crippen LogP contribution in [0.15, 0.2) is 11.0 Å². The fourth-order valence-electron chi connectivity index (χ4n) is 0.828. The van der Waals surface area contributed by atoms with Crippen molar-refractivity contribution in [1.29, 1.82) is 0 Å². The third-order valence-electron chi connectivity index (χ3n) is 1.39. The molecule has 1 heterocycles. The second kappa shape index (κ2) is 4.26. The van der Waals surface area contributed by atoms with Crippen molar-refractivity contribution in [1.82, 2.24) is 14.9 Å². The second-order valence-electron chi connectivity index (χ2n) is 2.52. The molecule has 14 heavy (non-hydrogen) atoms. The van der Waals surface area contributed by atoms with Gasteiger partial charge < -0.3 is 10.4 Å². The van der Waals surface area contributed by atoms with E-state index in [1.54, 1.807) is 0 Å². The third kappa shape index (κ3) is 3.60. The molecule has 0 aliphatic heterocycles. The van der Waals surface area contributed by atoms with Crippen molar-refractivity contribution in [2.75, 3.05) is 18.4 Å². The van der Waals surface area contributed by atoms with E-state index in [1.165, 1.54) is 6.20 Å². The number of nitrogens with two attached hydrogens (primary N) is 1. The quantitative estimate of drug-likeness (QED) is 0.364. The average molecular weight is 221 g/mol. The maximum atomic E-state index is 10.9. The molecule has 1 rings (SSSR count). The highest BCUT2D eigenvalue weighted by molar-refractivity contribution is 7.87. The van der Waals surface area contributed by atoms with Crippen molar-refractivity contribution in [2.45, 2.75) is 0 Å². The number of aromatic nitrogens is 2. The van der Waals surface area contributed by atoms with Crippen LogP contribution >= 0.6 is 0 Å². The maximum absolute atomic E-state index is 10.9. The SMILES string of the molecule is NS(=O)(=O)NCCNc1c[nH][nH]c1=O. The Morgan fingerprint density at radius 3 is 2.64 bits per heavy atom. The van der Waals surface area contributed by atoms with Crippen molar-refractivity contribution in [3.63, 3.8) is 0 Å². The van der Waals surface area contributed by atoms with Crippen molar-refractivity contribution < 1.29 is 8.42 Å². The molecule has 0 spiro atoms. The van der Waals surface area contributed by atoms with Crippen LogP contribution in [0.1, 0.15) is 0 Å². The lowest BCUT2D eigenvalue weighted by Crippen LogP contribution is -2.34. The van der Waals surface area contributed by atoms with Crippen LogP contribution in [-0.2, 0) is 10.2 Å². The van der Waals surface area contributed by atoms with Gasteiger partial charge in [0.15, 0.2) is 0 Å². The van der Waals surface area contributed by atoms with E-state index >= 15 is 0 Å². The summed E-state index contributed by atoms with van der Waals surface area (Å²) in [6.45, 7) is 0.390. The summed E-state index contributed by atoms with van der Waals surface area (Å²) in [5.74, 6) is 0. The molecular weight excluding hydrogens is 210 g/mol. The molecule has 0 aliphatic rings. The molecule has 80 valence electrons. The first-order valence-electron chi connectivity index (χ1n) is 3.76. The molecule has 9 heteroatoms. The first kappa shape index (κ1) is 10.8. The third-order valence-corrected chi connectivity index (χ3v) is 2.00. The summed E-state index contributed by atoms with van der Waals surface area (Å²) in [5, 5.41) is 12.2. The summed E-state index contributed by atoms with van der Waals surface area (Å²) in [4.78, 5) is 10.9. The Hall–Kier alpha value is -1.32. The number of anilines is 1. The van der Waals surface area contributed by atoms with Crippen LogP contribution < -0.4 is 20.7 Å². The number of hydrogen-bond donors (Lipinski definition) is 5. The highest BCUT2D eigenvalue weighted by Gasteiger charge is 2.01. The van der Waals surface area contributed by atoms with Crippen LogP contribution in [-0.4, -0.2) is 31.7 Å². The van der Waals surface area contributed by atoms with Gasteiger partial charge in [-0.2, -0.15) is 8.42 Å².